The number of benzene rings is 1. The molecule has 1 aliphatic rings. The zero-order chi connectivity index (χ0) is 30.3. The van der Waals surface area contributed by atoms with Gasteiger partial charge in [0.05, 0.1) is 39.2 Å². The molecule has 16 heteroatoms. The van der Waals surface area contributed by atoms with Gasteiger partial charge in [0.25, 0.3) is 5.91 Å². The van der Waals surface area contributed by atoms with Gasteiger partial charge in [0, 0.05) is 38.2 Å². The Morgan fingerprint density at radius 3 is 2.51 bits per heavy atom. The van der Waals surface area contributed by atoms with E-state index in [2.05, 4.69) is 30.8 Å². The van der Waals surface area contributed by atoms with Crippen LogP contribution < -0.4 is 30.5 Å². The first-order valence-electron chi connectivity index (χ1n) is 13.2. The molecule has 4 heterocycles. The summed E-state index contributed by atoms with van der Waals surface area (Å²) in [5.74, 6) is -0.247. The molecule has 1 aliphatic heterocycles. The van der Waals surface area contributed by atoms with E-state index in [0.29, 0.717) is 42.6 Å². The second-order valence-electron chi connectivity index (χ2n) is 9.13. The van der Waals surface area contributed by atoms with Crippen LogP contribution in [0.4, 0.5) is 10.9 Å². The maximum Gasteiger partial charge on any atom is 0.379 e. The van der Waals surface area contributed by atoms with E-state index in [-0.39, 0.29) is 39.9 Å². The topological polar surface area (TPSA) is 172 Å². The number of morpholine rings is 1. The highest BCUT2D eigenvalue weighted by molar-refractivity contribution is 7.17. The highest BCUT2D eigenvalue weighted by atomic mass is 32.1. The summed E-state index contributed by atoms with van der Waals surface area (Å²) in [6, 6.07) is 8.14. The minimum absolute atomic E-state index is 0.0880. The maximum absolute atomic E-state index is 13.3. The monoisotopic (exact) mass is 611 g/mol. The molecule has 4 aromatic rings. The molecular formula is C27H29N7O8S. The highest BCUT2D eigenvalue weighted by Crippen LogP contribution is 2.42. The van der Waals surface area contributed by atoms with Crippen LogP contribution in [0.25, 0.3) is 16.3 Å². The number of aromatic nitrogens is 4. The number of nitrogens with zero attached hydrogens (tertiary/aromatic N) is 5. The first kappa shape index (κ1) is 29.7. The van der Waals surface area contributed by atoms with Crippen LogP contribution in [0.5, 0.6) is 17.2 Å². The lowest BCUT2D eigenvalue weighted by atomic mass is 10.0. The number of amides is 2. The number of methoxy groups -OCH3 is 2. The Hall–Kier alpha value is -4.80. The van der Waals surface area contributed by atoms with Gasteiger partial charge < -0.3 is 28.7 Å². The van der Waals surface area contributed by atoms with Gasteiger partial charge >= 0.3 is 5.63 Å². The first-order valence-corrected chi connectivity index (χ1v) is 14.0. The van der Waals surface area contributed by atoms with Crippen molar-refractivity contribution < 1.29 is 33.0 Å². The molecule has 0 unspecified atom stereocenters. The molecule has 0 saturated carbocycles. The summed E-state index contributed by atoms with van der Waals surface area (Å²) in [6.45, 7) is 4.90. The minimum Gasteiger partial charge on any atom is -0.496 e. The van der Waals surface area contributed by atoms with Gasteiger partial charge in [0.15, 0.2) is 5.76 Å². The second kappa shape index (κ2) is 13.5. The van der Waals surface area contributed by atoms with E-state index < -0.39 is 11.5 Å². The van der Waals surface area contributed by atoms with Crippen molar-refractivity contribution in [2.75, 3.05) is 64.3 Å². The molecule has 2 N–H and O–H groups in total. The Kier molecular flexibility index (Phi) is 9.29. The zero-order valence-electron chi connectivity index (χ0n) is 23.6. The van der Waals surface area contributed by atoms with Gasteiger partial charge in [-0.05, 0) is 18.2 Å². The number of nitrogens with one attached hydrogen (secondary N) is 2. The Labute approximate surface area is 249 Å². The molecule has 0 aliphatic carbocycles. The molecule has 0 spiro atoms. The molecular weight excluding hydrogens is 582 g/mol. The normalized spacial score (nSPS) is 13.4. The molecule has 226 valence electrons. The smallest absolute Gasteiger partial charge is 0.379 e. The Morgan fingerprint density at radius 1 is 1.07 bits per heavy atom. The molecule has 1 saturated heterocycles. The summed E-state index contributed by atoms with van der Waals surface area (Å²) < 4.78 is 29.3. The van der Waals surface area contributed by atoms with E-state index in [1.54, 1.807) is 24.3 Å². The third-order valence-corrected chi connectivity index (χ3v) is 7.16. The van der Waals surface area contributed by atoms with Crippen LogP contribution >= 0.6 is 11.3 Å². The van der Waals surface area contributed by atoms with Crippen molar-refractivity contribution in [2.24, 2.45) is 0 Å². The average molecular weight is 612 g/mol. The quantitative estimate of drug-likeness (QED) is 0.254. The van der Waals surface area contributed by atoms with Crippen molar-refractivity contribution >= 4 is 34.1 Å². The van der Waals surface area contributed by atoms with E-state index in [9.17, 15) is 14.4 Å². The van der Waals surface area contributed by atoms with Crippen LogP contribution in [0.1, 0.15) is 17.5 Å². The van der Waals surface area contributed by atoms with Crippen molar-refractivity contribution in [1.29, 1.82) is 0 Å². The maximum atomic E-state index is 13.3. The van der Waals surface area contributed by atoms with E-state index in [1.807, 2.05) is 0 Å². The molecule has 0 bridgehead atoms. The van der Waals surface area contributed by atoms with Gasteiger partial charge in [-0.1, -0.05) is 17.4 Å². The fourth-order valence-corrected chi connectivity index (χ4v) is 5.09. The van der Waals surface area contributed by atoms with Crippen LogP contribution in [0, 0.1) is 0 Å². The van der Waals surface area contributed by atoms with Gasteiger partial charge in [-0.3, -0.25) is 19.8 Å². The minimum atomic E-state index is -0.855. The second-order valence-corrected chi connectivity index (χ2v) is 10.1. The van der Waals surface area contributed by atoms with Gasteiger partial charge in [-0.15, -0.1) is 10.2 Å². The molecule has 43 heavy (non-hydrogen) atoms. The molecule has 0 radical (unpaired) electrons. The van der Waals surface area contributed by atoms with E-state index >= 15 is 0 Å². The lowest BCUT2D eigenvalue weighted by Gasteiger charge is -2.26. The third kappa shape index (κ3) is 6.82. The summed E-state index contributed by atoms with van der Waals surface area (Å²) in [6.07, 6.45) is 1.48. The summed E-state index contributed by atoms with van der Waals surface area (Å²) in [4.78, 5) is 40.2. The van der Waals surface area contributed by atoms with Crippen LogP contribution in [0.3, 0.4) is 0 Å². The molecule has 3 aromatic heterocycles. The highest BCUT2D eigenvalue weighted by Gasteiger charge is 2.25. The molecule has 1 fully saturated rings. The Balaban J connectivity index is 1.44. The summed E-state index contributed by atoms with van der Waals surface area (Å²) in [5.41, 5.74) is -0.183. The predicted octanol–water partition coefficient (Wildman–Crippen LogP) is 2.28. The molecule has 1 aromatic carbocycles. The molecule has 5 rings (SSSR count). The molecule has 15 nitrogen and oxygen atoms in total. The van der Waals surface area contributed by atoms with E-state index in [1.165, 1.54) is 38.1 Å². The standard InChI is InChI=1S/C27H29N7O8S/c1-16(35)29-21-7-8-28-34(21)27-32-31-26(43-27)30-24(36)20-15-17(22-18(38-2)5-4-6-19(22)39-3)23(25(37)42-20)41-14-11-33-9-12-40-13-10-33/h4-8,15H,9-14H2,1-3H3,(H,29,35)(H,30,31,36). The van der Waals surface area contributed by atoms with Crippen molar-refractivity contribution in [3.8, 4) is 33.5 Å². The lowest BCUT2D eigenvalue weighted by molar-refractivity contribution is -0.114. The summed E-state index contributed by atoms with van der Waals surface area (Å²) in [7, 11) is 2.97. The number of ether oxygens (including phenoxy) is 4. The Bertz CT molecular complexity index is 1640. The van der Waals surface area contributed by atoms with Crippen LogP contribution in [0.2, 0.25) is 0 Å². The predicted molar refractivity (Wildman–Crippen MR) is 156 cm³/mol. The summed E-state index contributed by atoms with van der Waals surface area (Å²) >= 11 is 0.996. The van der Waals surface area contributed by atoms with Gasteiger partial charge in [-0.25, -0.2) is 4.79 Å². The van der Waals surface area contributed by atoms with Gasteiger partial charge in [0.1, 0.15) is 23.9 Å². The number of rotatable bonds is 11. The number of carbonyl (C=O) groups excluding carboxylic acids is 2. The summed E-state index contributed by atoms with van der Waals surface area (Å²) in [5, 5.41) is 17.8. The van der Waals surface area contributed by atoms with Crippen molar-refractivity contribution in [3.63, 3.8) is 0 Å². The van der Waals surface area contributed by atoms with Gasteiger partial charge in [0.2, 0.25) is 21.9 Å². The number of hydrogen-bond donors (Lipinski definition) is 2. The first-order chi connectivity index (χ1) is 20.9. The van der Waals surface area contributed by atoms with Crippen LogP contribution in [-0.4, -0.2) is 90.4 Å². The van der Waals surface area contributed by atoms with Crippen LogP contribution in [0.15, 0.2) is 45.7 Å². The SMILES string of the molecule is COc1cccc(OC)c1-c1cc(C(=O)Nc2nnc(-n3nccc3NC(C)=O)s2)oc(=O)c1OCCN1CCOCC1. The van der Waals surface area contributed by atoms with E-state index in [4.69, 9.17) is 23.4 Å². The van der Waals surface area contributed by atoms with Crippen LogP contribution in [-0.2, 0) is 9.53 Å². The number of hydrogen-bond acceptors (Lipinski definition) is 13. The molecule has 2 amide bonds. The number of carbonyl (C=O) groups is 2. The van der Waals surface area contributed by atoms with Gasteiger partial charge in [-0.2, -0.15) is 9.78 Å². The van der Waals surface area contributed by atoms with E-state index in [0.717, 1.165) is 24.4 Å². The number of anilines is 2. The largest absolute Gasteiger partial charge is 0.496 e. The average Bonchev–Trinajstić information content (AvgIpc) is 3.66. The third-order valence-electron chi connectivity index (χ3n) is 6.35. The fourth-order valence-electron chi connectivity index (χ4n) is 4.38. The Morgan fingerprint density at radius 2 is 1.81 bits per heavy atom. The van der Waals surface area contributed by atoms with Crippen molar-refractivity contribution in [2.45, 2.75) is 6.92 Å². The fraction of sp³-hybridized carbons (Fsp3) is 0.333. The molecule has 0 atom stereocenters. The van der Waals surface area contributed by atoms with Crippen molar-refractivity contribution in [1.82, 2.24) is 24.9 Å². The lowest BCUT2D eigenvalue weighted by Crippen LogP contribution is -2.38. The zero-order valence-corrected chi connectivity index (χ0v) is 24.4. The van der Waals surface area contributed by atoms with Crippen molar-refractivity contribution in [3.05, 3.63) is 52.7 Å².